The van der Waals surface area contributed by atoms with Gasteiger partial charge in [0, 0.05) is 10.7 Å². The molecule has 0 N–H and O–H groups in total. The average molecular weight is 406 g/mol. The normalized spacial score (nSPS) is 10.6. The van der Waals surface area contributed by atoms with Gasteiger partial charge in [-0.15, -0.1) is 0 Å². The van der Waals surface area contributed by atoms with Gasteiger partial charge in [0.05, 0.1) is 15.7 Å². The maximum atomic E-state index is 12.5. The Balaban J connectivity index is 3.16. The summed E-state index contributed by atoms with van der Waals surface area (Å²) in [7, 11) is 0. The monoisotopic (exact) mass is 405 g/mol. The molecular formula is C9H7BrF2INO2. The van der Waals surface area contributed by atoms with Gasteiger partial charge in [-0.3, -0.25) is 0 Å². The van der Waals surface area contributed by atoms with E-state index in [4.69, 9.17) is 4.74 Å². The van der Waals surface area contributed by atoms with Crippen molar-refractivity contribution < 1.29 is 18.3 Å². The fourth-order valence-electron chi connectivity index (χ4n) is 0.972. The van der Waals surface area contributed by atoms with E-state index in [0.717, 1.165) is 6.20 Å². The van der Waals surface area contributed by atoms with Crippen molar-refractivity contribution in [2.24, 2.45) is 0 Å². The number of alkyl halides is 2. The molecule has 88 valence electrons. The van der Waals surface area contributed by atoms with Crippen molar-refractivity contribution in [1.82, 2.24) is 4.98 Å². The van der Waals surface area contributed by atoms with E-state index in [0.29, 0.717) is 3.57 Å². The summed E-state index contributed by atoms with van der Waals surface area (Å²) < 4.78 is 30.3. The maximum Gasteiger partial charge on any atom is 0.358 e. The molecule has 16 heavy (non-hydrogen) atoms. The second-order valence-corrected chi connectivity index (χ2v) is 4.58. The van der Waals surface area contributed by atoms with E-state index < -0.39 is 12.4 Å². The molecule has 0 spiro atoms. The number of ether oxygens (including phenoxy) is 1. The van der Waals surface area contributed by atoms with Crippen molar-refractivity contribution in [2.75, 3.05) is 6.61 Å². The molecular weight excluding hydrogens is 399 g/mol. The highest BCUT2D eigenvalue weighted by atomic mass is 127. The summed E-state index contributed by atoms with van der Waals surface area (Å²) in [5, 5.41) is 0. The Bertz CT molecular complexity index is 415. The van der Waals surface area contributed by atoms with E-state index in [9.17, 15) is 13.6 Å². The quantitative estimate of drug-likeness (QED) is 0.570. The fraction of sp³-hybridized carbons (Fsp3) is 0.333. The molecule has 0 atom stereocenters. The zero-order valence-corrected chi connectivity index (χ0v) is 11.9. The molecule has 0 bridgehead atoms. The Morgan fingerprint density at radius 3 is 2.81 bits per heavy atom. The third kappa shape index (κ3) is 2.88. The van der Waals surface area contributed by atoms with E-state index in [1.54, 1.807) is 29.5 Å². The van der Waals surface area contributed by atoms with E-state index in [1.807, 2.05) is 0 Å². The van der Waals surface area contributed by atoms with Crippen LogP contribution in [0.25, 0.3) is 0 Å². The molecule has 7 heteroatoms. The van der Waals surface area contributed by atoms with Gasteiger partial charge in [-0.1, -0.05) is 0 Å². The first-order valence-electron chi connectivity index (χ1n) is 4.28. The van der Waals surface area contributed by atoms with Crippen molar-refractivity contribution >= 4 is 44.5 Å². The minimum absolute atomic E-state index is 0.0405. The summed E-state index contributed by atoms with van der Waals surface area (Å²) >= 11 is 4.79. The lowest BCUT2D eigenvalue weighted by Gasteiger charge is -2.08. The van der Waals surface area contributed by atoms with Crippen molar-refractivity contribution in [2.45, 2.75) is 13.3 Å². The van der Waals surface area contributed by atoms with Gasteiger partial charge >= 0.3 is 5.97 Å². The van der Waals surface area contributed by atoms with Crippen LogP contribution in [0.4, 0.5) is 8.78 Å². The predicted octanol–water partition coefficient (Wildman–Crippen LogP) is 3.56. The lowest BCUT2D eigenvalue weighted by atomic mass is 10.2. The highest BCUT2D eigenvalue weighted by Gasteiger charge is 2.21. The first-order chi connectivity index (χ1) is 7.49. The highest BCUT2D eigenvalue weighted by Crippen LogP contribution is 2.31. The summed E-state index contributed by atoms with van der Waals surface area (Å²) in [6, 6.07) is 0. The van der Waals surface area contributed by atoms with E-state index >= 15 is 0 Å². The largest absolute Gasteiger partial charge is 0.461 e. The van der Waals surface area contributed by atoms with Crippen LogP contribution in [-0.2, 0) is 4.74 Å². The Kier molecular flexibility index (Phi) is 5.03. The number of pyridine rings is 1. The van der Waals surface area contributed by atoms with E-state index in [1.165, 1.54) is 0 Å². The number of nitrogens with zero attached hydrogens (tertiary/aromatic N) is 1. The first kappa shape index (κ1) is 13.8. The van der Waals surface area contributed by atoms with Gasteiger partial charge in [0.1, 0.15) is 0 Å². The van der Waals surface area contributed by atoms with Crippen LogP contribution in [0.1, 0.15) is 29.4 Å². The molecule has 1 heterocycles. The third-order valence-corrected chi connectivity index (χ3v) is 4.34. The topological polar surface area (TPSA) is 39.2 Å². The highest BCUT2D eigenvalue weighted by molar-refractivity contribution is 14.1. The van der Waals surface area contributed by atoms with Crippen LogP contribution in [0.3, 0.4) is 0 Å². The van der Waals surface area contributed by atoms with Gasteiger partial charge in [-0.05, 0) is 45.4 Å². The Hall–Kier alpha value is -0.310. The first-order valence-corrected chi connectivity index (χ1v) is 6.15. The smallest absolute Gasteiger partial charge is 0.358 e. The predicted molar refractivity (Wildman–Crippen MR) is 65.6 cm³/mol. The molecule has 3 nitrogen and oxygen atoms in total. The van der Waals surface area contributed by atoms with E-state index in [2.05, 4.69) is 20.9 Å². The number of carbonyl (C=O) groups excluding carboxylic acids is 1. The number of aromatic nitrogens is 1. The average Bonchev–Trinajstić information content (AvgIpc) is 2.21. The van der Waals surface area contributed by atoms with Crippen LogP contribution >= 0.6 is 38.5 Å². The number of esters is 1. The SMILES string of the molecule is CCOC(=O)c1ncc(C(F)F)c(Br)c1I. The summed E-state index contributed by atoms with van der Waals surface area (Å²) in [5.41, 5.74) is -0.198. The summed E-state index contributed by atoms with van der Waals surface area (Å²) in [4.78, 5) is 15.1. The van der Waals surface area contributed by atoms with E-state index in [-0.39, 0.29) is 22.3 Å². The van der Waals surface area contributed by atoms with Gasteiger partial charge in [-0.2, -0.15) is 0 Å². The van der Waals surface area contributed by atoms with Crippen LogP contribution < -0.4 is 0 Å². The van der Waals surface area contributed by atoms with Crippen molar-refractivity contribution in [1.29, 1.82) is 0 Å². The minimum atomic E-state index is -2.63. The Labute approximate surface area is 113 Å². The van der Waals surface area contributed by atoms with Crippen molar-refractivity contribution in [3.8, 4) is 0 Å². The molecule has 1 rings (SSSR count). The Morgan fingerprint density at radius 1 is 1.69 bits per heavy atom. The molecule has 0 fully saturated rings. The van der Waals surface area contributed by atoms with Gasteiger partial charge in [0.2, 0.25) is 0 Å². The number of hydrogen-bond acceptors (Lipinski definition) is 3. The van der Waals surface area contributed by atoms with Crippen LogP contribution in [0.2, 0.25) is 0 Å². The second-order valence-electron chi connectivity index (χ2n) is 2.71. The molecule has 0 amide bonds. The summed E-state index contributed by atoms with van der Waals surface area (Å²) in [5.74, 6) is -0.617. The lowest BCUT2D eigenvalue weighted by molar-refractivity contribution is 0.0517. The second kappa shape index (κ2) is 5.85. The molecule has 0 aliphatic rings. The molecule has 0 aromatic carbocycles. The number of hydrogen-bond donors (Lipinski definition) is 0. The van der Waals surface area contributed by atoms with Crippen LogP contribution in [-0.4, -0.2) is 17.6 Å². The van der Waals surface area contributed by atoms with Gasteiger partial charge in [-0.25, -0.2) is 18.6 Å². The van der Waals surface area contributed by atoms with Gasteiger partial charge < -0.3 is 4.74 Å². The zero-order chi connectivity index (χ0) is 12.3. The number of halogens is 4. The zero-order valence-electron chi connectivity index (χ0n) is 8.14. The number of rotatable bonds is 3. The summed E-state index contributed by atoms with van der Waals surface area (Å²) in [6.07, 6.45) is -1.66. The molecule has 0 aliphatic heterocycles. The van der Waals surface area contributed by atoms with Gasteiger partial charge in [0.15, 0.2) is 5.69 Å². The molecule has 1 aromatic heterocycles. The third-order valence-electron chi connectivity index (χ3n) is 1.69. The van der Waals surface area contributed by atoms with Gasteiger partial charge in [0.25, 0.3) is 6.43 Å². The molecule has 0 unspecified atom stereocenters. The molecule has 0 saturated heterocycles. The van der Waals surface area contributed by atoms with Crippen LogP contribution in [0.15, 0.2) is 10.7 Å². The fourth-order valence-corrected chi connectivity index (χ4v) is 2.11. The minimum Gasteiger partial charge on any atom is -0.461 e. The van der Waals surface area contributed by atoms with Crippen molar-refractivity contribution in [3.05, 3.63) is 25.5 Å². The molecule has 0 radical (unpaired) electrons. The van der Waals surface area contributed by atoms with Crippen LogP contribution in [0.5, 0.6) is 0 Å². The molecule has 0 saturated carbocycles. The summed E-state index contributed by atoms with van der Waals surface area (Å²) in [6.45, 7) is 1.87. The number of carbonyl (C=O) groups is 1. The van der Waals surface area contributed by atoms with Crippen LogP contribution in [0, 0.1) is 3.57 Å². The molecule has 0 aliphatic carbocycles. The maximum absolute atomic E-state index is 12.5. The van der Waals surface area contributed by atoms with Crippen molar-refractivity contribution in [3.63, 3.8) is 0 Å². The Morgan fingerprint density at radius 2 is 2.31 bits per heavy atom. The molecule has 1 aromatic rings. The standard InChI is InChI=1S/C9H7BrF2INO2/c1-2-16-9(15)7-6(13)5(10)4(3-14-7)8(11)12/h3,8H,2H2,1H3. The lowest BCUT2D eigenvalue weighted by Crippen LogP contribution is -2.10.